The summed E-state index contributed by atoms with van der Waals surface area (Å²) in [7, 11) is 1.80. The molecule has 0 bridgehead atoms. The Hall–Kier alpha value is -1.31. The van der Waals surface area contributed by atoms with Crippen molar-refractivity contribution < 1.29 is 4.79 Å². The molecule has 0 spiro atoms. The number of benzene rings is 1. The van der Waals surface area contributed by atoms with E-state index < -0.39 is 0 Å². The van der Waals surface area contributed by atoms with Gasteiger partial charge < -0.3 is 4.90 Å². The first kappa shape index (κ1) is 12.8. The second kappa shape index (κ2) is 5.69. The molecular weight excluding hydrogens is 198 g/mol. The third kappa shape index (κ3) is 3.09. The molecule has 0 aliphatic heterocycles. The van der Waals surface area contributed by atoms with E-state index in [9.17, 15) is 4.79 Å². The van der Waals surface area contributed by atoms with Gasteiger partial charge in [-0.3, -0.25) is 4.79 Å². The minimum atomic E-state index is 0.485. The Balaban J connectivity index is 2.98. The van der Waals surface area contributed by atoms with Gasteiger partial charge in [0.05, 0.1) is 0 Å². The lowest BCUT2D eigenvalue weighted by Crippen LogP contribution is -2.16. The van der Waals surface area contributed by atoms with Crippen LogP contribution < -0.4 is 4.90 Å². The van der Waals surface area contributed by atoms with Crippen molar-refractivity contribution in [2.24, 2.45) is 5.92 Å². The summed E-state index contributed by atoms with van der Waals surface area (Å²) < 4.78 is 0. The topological polar surface area (TPSA) is 20.3 Å². The largest absolute Gasteiger partial charge is 0.318 e. The normalized spacial score (nSPS) is 12.6. The minimum absolute atomic E-state index is 0.485. The van der Waals surface area contributed by atoms with Crippen LogP contribution in [-0.2, 0) is 4.79 Å². The van der Waals surface area contributed by atoms with Crippen LogP contribution in [-0.4, -0.2) is 13.5 Å². The van der Waals surface area contributed by atoms with Crippen LogP contribution in [0, 0.1) is 5.92 Å². The number of hydrogen-bond donors (Lipinski definition) is 0. The molecule has 0 aromatic heterocycles. The number of para-hydroxylation sites is 1. The van der Waals surface area contributed by atoms with Crippen molar-refractivity contribution in [3.05, 3.63) is 29.8 Å². The Labute approximate surface area is 98.3 Å². The molecule has 0 fully saturated rings. The summed E-state index contributed by atoms with van der Waals surface area (Å²) in [6.45, 7) is 6.67. The van der Waals surface area contributed by atoms with Gasteiger partial charge in [-0.2, -0.15) is 0 Å². The van der Waals surface area contributed by atoms with Crippen LogP contribution in [0.5, 0.6) is 0 Å². The zero-order chi connectivity index (χ0) is 12.1. The minimum Gasteiger partial charge on any atom is -0.318 e. The Morgan fingerprint density at radius 1 is 1.25 bits per heavy atom. The molecule has 2 heteroatoms. The summed E-state index contributed by atoms with van der Waals surface area (Å²) in [5, 5.41) is 0. The molecule has 1 rings (SSSR count). The molecule has 0 saturated heterocycles. The fourth-order valence-corrected chi connectivity index (χ4v) is 2.12. The van der Waals surface area contributed by atoms with E-state index in [1.54, 1.807) is 11.9 Å². The van der Waals surface area contributed by atoms with Gasteiger partial charge in [-0.1, -0.05) is 39.0 Å². The van der Waals surface area contributed by atoms with Crippen molar-refractivity contribution in [1.29, 1.82) is 0 Å². The smallest absolute Gasteiger partial charge is 0.213 e. The van der Waals surface area contributed by atoms with E-state index in [-0.39, 0.29) is 0 Å². The maximum absolute atomic E-state index is 10.8. The summed E-state index contributed by atoms with van der Waals surface area (Å²) in [5.74, 6) is 1.16. The quantitative estimate of drug-likeness (QED) is 0.695. The van der Waals surface area contributed by atoms with Crippen molar-refractivity contribution in [2.45, 2.75) is 33.1 Å². The third-order valence-corrected chi connectivity index (χ3v) is 2.83. The highest BCUT2D eigenvalue weighted by atomic mass is 16.1. The number of carbonyl (C=O) groups is 1. The third-order valence-electron chi connectivity index (χ3n) is 2.83. The van der Waals surface area contributed by atoms with Gasteiger partial charge in [0.1, 0.15) is 0 Å². The van der Waals surface area contributed by atoms with Crippen molar-refractivity contribution in [3.63, 3.8) is 0 Å². The molecule has 88 valence electrons. The first-order valence-corrected chi connectivity index (χ1v) is 5.83. The molecule has 0 N–H and O–H groups in total. The number of anilines is 1. The van der Waals surface area contributed by atoms with E-state index in [2.05, 4.69) is 26.8 Å². The molecule has 16 heavy (non-hydrogen) atoms. The van der Waals surface area contributed by atoms with Crippen LogP contribution in [0.2, 0.25) is 0 Å². The first-order chi connectivity index (χ1) is 7.56. The van der Waals surface area contributed by atoms with Crippen LogP contribution in [0.1, 0.15) is 38.7 Å². The number of hydrogen-bond acceptors (Lipinski definition) is 1. The Bertz CT molecular complexity index is 346. The average Bonchev–Trinajstić information content (AvgIpc) is 2.27. The highest BCUT2D eigenvalue weighted by Gasteiger charge is 2.13. The monoisotopic (exact) mass is 219 g/mol. The highest BCUT2D eigenvalue weighted by Crippen LogP contribution is 2.30. The summed E-state index contributed by atoms with van der Waals surface area (Å²) >= 11 is 0. The molecule has 1 atom stereocenters. The molecule has 2 nitrogen and oxygen atoms in total. The molecule has 1 amide bonds. The molecule has 0 heterocycles. The SMILES string of the molecule is CC(C)CC(C)c1ccccc1N(C)C=O. The van der Waals surface area contributed by atoms with Crippen molar-refractivity contribution >= 4 is 12.1 Å². The van der Waals surface area contributed by atoms with Gasteiger partial charge in [0.15, 0.2) is 0 Å². The van der Waals surface area contributed by atoms with Gasteiger partial charge in [0, 0.05) is 12.7 Å². The molecule has 1 aromatic carbocycles. The molecule has 0 aliphatic carbocycles. The number of rotatable bonds is 5. The van der Waals surface area contributed by atoms with Crippen molar-refractivity contribution in [3.8, 4) is 0 Å². The second-order valence-electron chi connectivity index (χ2n) is 4.81. The van der Waals surface area contributed by atoms with E-state index in [1.807, 2.05) is 18.2 Å². The fraction of sp³-hybridized carbons (Fsp3) is 0.500. The maximum Gasteiger partial charge on any atom is 0.213 e. The van der Waals surface area contributed by atoms with Crippen LogP contribution in [0.15, 0.2) is 24.3 Å². The van der Waals surface area contributed by atoms with E-state index in [4.69, 9.17) is 0 Å². The van der Waals surface area contributed by atoms with Crippen LogP contribution in [0.3, 0.4) is 0 Å². The lowest BCUT2D eigenvalue weighted by Gasteiger charge is -2.21. The summed E-state index contributed by atoms with van der Waals surface area (Å²) in [4.78, 5) is 12.5. The average molecular weight is 219 g/mol. The standard InChI is InChI=1S/C14H21NO/c1-11(2)9-12(3)13-7-5-6-8-14(13)15(4)10-16/h5-8,10-12H,9H2,1-4H3. The van der Waals surface area contributed by atoms with E-state index in [1.165, 1.54) is 5.56 Å². The molecular formula is C14H21NO. The molecule has 0 aliphatic rings. The van der Waals surface area contributed by atoms with Crippen LogP contribution >= 0.6 is 0 Å². The predicted octanol–water partition coefficient (Wildman–Crippen LogP) is 3.43. The lowest BCUT2D eigenvalue weighted by atomic mass is 9.90. The summed E-state index contributed by atoms with van der Waals surface area (Å²) in [6.07, 6.45) is 2.00. The van der Waals surface area contributed by atoms with E-state index in [0.717, 1.165) is 18.5 Å². The second-order valence-corrected chi connectivity index (χ2v) is 4.81. The summed E-state index contributed by atoms with van der Waals surface area (Å²) in [6, 6.07) is 8.12. The van der Waals surface area contributed by atoms with Gasteiger partial charge in [-0.15, -0.1) is 0 Å². The summed E-state index contributed by atoms with van der Waals surface area (Å²) in [5.41, 5.74) is 2.27. The molecule has 0 radical (unpaired) electrons. The van der Waals surface area contributed by atoms with Gasteiger partial charge in [0.2, 0.25) is 6.41 Å². The maximum atomic E-state index is 10.8. The Kier molecular flexibility index (Phi) is 4.53. The number of nitrogens with zero attached hydrogens (tertiary/aromatic N) is 1. The molecule has 1 unspecified atom stereocenters. The molecule has 1 aromatic rings. The highest BCUT2D eigenvalue weighted by molar-refractivity contribution is 5.76. The van der Waals surface area contributed by atoms with Gasteiger partial charge in [-0.05, 0) is 29.9 Å². The van der Waals surface area contributed by atoms with Crippen molar-refractivity contribution in [1.82, 2.24) is 0 Å². The van der Waals surface area contributed by atoms with Gasteiger partial charge in [0.25, 0.3) is 0 Å². The first-order valence-electron chi connectivity index (χ1n) is 5.83. The van der Waals surface area contributed by atoms with E-state index >= 15 is 0 Å². The van der Waals surface area contributed by atoms with E-state index in [0.29, 0.717) is 11.8 Å². The zero-order valence-electron chi connectivity index (χ0n) is 10.6. The zero-order valence-corrected chi connectivity index (χ0v) is 10.6. The van der Waals surface area contributed by atoms with Gasteiger partial charge >= 0.3 is 0 Å². The van der Waals surface area contributed by atoms with Crippen LogP contribution in [0.4, 0.5) is 5.69 Å². The van der Waals surface area contributed by atoms with Gasteiger partial charge in [-0.25, -0.2) is 0 Å². The lowest BCUT2D eigenvalue weighted by molar-refractivity contribution is -0.107. The van der Waals surface area contributed by atoms with Crippen LogP contribution in [0.25, 0.3) is 0 Å². The Morgan fingerprint density at radius 3 is 2.44 bits per heavy atom. The molecule has 0 saturated carbocycles. The van der Waals surface area contributed by atoms with Crippen molar-refractivity contribution in [2.75, 3.05) is 11.9 Å². The number of amides is 1. The number of carbonyl (C=O) groups excluding carboxylic acids is 1. The Morgan fingerprint density at radius 2 is 1.88 bits per heavy atom. The predicted molar refractivity (Wildman–Crippen MR) is 68.8 cm³/mol. The fourth-order valence-electron chi connectivity index (χ4n) is 2.12.